The monoisotopic (exact) mass is 1460 g/mol. The maximum absolute atomic E-state index is 12.5. The normalized spacial score (nSPS) is 12.9. The molecular formula is C88H72N12O10. The molecule has 22 nitrogen and oxygen atoms in total. The van der Waals surface area contributed by atoms with Gasteiger partial charge in [0.05, 0.1) is 66.8 Å². The molecule has 12 aromatic heterocycles. The summed E-state index contributed by atoms with van der Waals surface area (Å²) >= 11 is 0. The van der Waals surface area contributed by atoms with E-state index in [1.165, 1.54) is 0 Å². The number of aryl methyl sites for hydroxylation is 12. The minimum absolute atomic E-state index is 0.0395. The maximum atomic E-state index is 12.5. The molecule has 12 heterocycles. The molecule has 0 radical (unpaired) electrons. The first-order valence-corrected chi connectivity index (χ1v) is 36.1. The molecule has 0 spiro atoms. The number of nitrogens with zero attached hydrogens (tertiary/aromatic N) is 12. The Morgan fingerprint density at radius 1 is 0.236 bits per heavy atom. The van der Waals surface area contributed by atoms with Gasteiger partial charge in [0, 0.05) is 71.8 Å². The van der Waals surface area contributed by atoms with E-state index in [-0.39, 0.29) is 103 Å². The van der Waals surface area contributed by atoms with Crippen molar-refractivity contribution in [3.8, 4) is 22.8 Å². The first-order chi connectivity index (χ1) is 52.9. The third-order valence-electron chi connectivity index (χ3n) is 19.4. The number of carbonyl (C=O) groups is 10. The van der Waals surface area contributed by atoms with Gasteiger partial charge in [0.2, 0.25) is 40.5 Å². The number of pyridine rings is 12. The van der Waals surface area contributed by atoms with Crippen LogP contribution in [0.5, 0.6) is 0 Å². The van der Waals surface area contributed by atoms with E-state index in [0.29, 0.717) is 73.2 Å². The zero-order valence-electron chi connectivity index (χ0n) is 62.5. The number of aromatic nitrogens is 12. The van der Waals surface area contributed by atoms with Crippen molar-refractivity contribution in [2.24, 2.45) is 0 Å². The molecule has 6 aliphatic carbocycles. The van der Waals surface area contributed by atoms with Crippen LogP contribution < -0.4 is 0 Å². The van der Waals surface area contributed by atoms with Gasteiger partial charge in [-0.15, -0.1) is 0 Å². The van der Waals surface area contributed by atoms with E-state index < -0.39 is 0 Å². The molecule has 22 heteroatoms. The summed E-state index contributed by atoms with van der Waals surface area (Å²) in [6, 6.07) is 30.3. The molecule has 0 aromatic carbocycles. The van der Waals surface area contributed by atoms with Crippen LogP contribution in [-0.2, 0) is 38.5 Å². The molecule has 544 valence electrons. The number of hydrogen-bond donors (Lipinski definition) is 0. The first kappa shape index (κ1) is 74.8. The number of fused-ring (bicyclic) bond motifs is 14. The molecule has 12 aromatic rings. The Hall–Kier alpha value is -13.5. The van der Waals surface area contributed by atoms with Crippen LogP contribution in [0.25, 0.3) is 22.8 Å². The summed E-state index contributed by atoms with van der Waals surface area (Å²) < 4.78 is 0. The minimum atomic E-state index is -0.271. The highest BCUT2D eigenvalue weighted by atomic mass is 16.2. The smallest absolute Gasteiger partial charge is 0.231 e. The molecule has 110 heavy (non-hydrogen) atoms. The van der Waals surface area contributed by atoms with Crippen LogP contribution in [0.1, 0.15) is 269 Å². The van der Waals surface area contributed by atoms with E-state index in [1.807, 2.05) is 98.0 Å². The molecule has 0 amide bonds. The van der Waals surface area contributed by atoms with Gasteiger partial charge in [-0.3, -0.25) is 92.8 Å². The second kappa shape index (κ2) is 30.8. The fourth-order valence-corrected chi connectivity index (χ4v) is 13.4. The Balaban J connectivity index is 0.000000116. The van der Waals surface area contributed by atoms with Gasteiger partial charge in [-0.05, 0) is 222 Å². The van der Waals surface area contributed by atoms with Crippen LogP contribution in [0.4, 0.5) is 0 Å². The fourth-order valence-electron chi connectivity index (χ4n) is 13.4. The van der Waals surface area contributed by atoms with E-state index >= 15 is 0 Å². The first-order valence-electron chi connectivity index (χ1n) is 36.1. The molecule has 6 aliphatic rings. The van der Waals surface area contributed by atoms with Gasteiger partial charge in [-0.2, -0.15) is 0 Å². The third-order valence-corrected chi connectivity index (χ3v) is 19.4. The molecule has 0 fully saturated rings. The van der Waals surface area contributed by atoms with Gasteiger partial charge in [-0.1, -0.05) is 41.5 Å². The summed E-state index contributed by atoms with van der Waals surface area (Å²) in [6.07, 6.45) is 16.2. The van der Waals surface area contributed by atoms with Crippen molar-refractivity contribution in [3.05, 3.63) is 326 Å². The summed E-state index contributed by atoms with van der Waals surface area (Å²) in [6.45, 7) is 23.1. The molecule has 0 bridgehead atoms. The predicted molar refractivity (Wildman–Crippen MR) is 408 cm³/mol. The quantitative estimate of drug-likeness (QED) is 0.149. The van der Waals surface area contributed by atoms with Crippen LogP contribution in [0, 0.1) is 41.5 Å². The zero-order chi connectivity index (χ0) is 78.3. The number of ketones is 10. The molecule has 18 rings (SSSR count). The van der Waals surface area contributed by atoms with Crippen molar-refractivity contribution in [1.82, 2.24) is 59.8 Å². The van der Waals surface area contributed by atoms with E-state index in [0.717, 1.165) is 122 Å². The Labute approximate surface area is 633 Å². The van der Waals surface area contributed by atoms with Gasteiger partial charge < -0.3 is 0 Å². The van der Waals surface area contributed by atoms with Crippen LogP contribution in [0.15, 0.2) is 147 Å². The van der Waals surface area contributed by atoms with Gasteiger partial charge in [0.1, 0.15) is 68.3 Å². The van der Waals surface area contributed by atoms with Crippen LogP contribution in [-0.4, -0.2) is 118 Å². The molecule has 0 saturated heterocycles. The summed E-state index contributed by atoms with van der Waals surface area (Å²) in [4.78, 5) is 174. The topological polar surface area (TPSA) is 325 Å². The predicted octanol–water partition coefficient (Wildman–Crippen LogP) is 13.6. The molecule has 0 atom stereocenters. The number of rotatable bonds is 6. The Morgan fingerprint density at radius 2 is 0.564 bits per heavy atom. The Bertz CT molecular complexity index is 5900. The maximum Gasteiger partial charge on any atom is 0.231 e. The van der Waals surface area contributed by atoms with Crippen molar-refractivity contribution in [2.45, 2.75) is 122 Å². The lowest BCUT2D eigenvalue weighted by Gasteiger charge is -2.19. The molecule has 0 aliphatic heterocycles. The number of carbonyl (C=O) groups excluding carboxylic acids is 10. The average molecular weight is 1460 g/mol. The second-order valence-electron chi connectivity index (χ2n) is 27.0. The van der Waals surface area contributed by atoms with Crippen molar-refractivity contribution in [2.75, 3.05) is 0 Å². The summed E-state index contributed by atoms with van der Waals surface area (Å²) in [5, 5.41) is 0. The zero-order valence-corrected chi connectivity index (χ0v) is 62.5. The molecular weight excluding hydrogens is 1390 g/mol. The highest BCUT2D eigenvalue weighted by Crippen LogP contribution is 2.37. The summed E-state index contributed by atoms with van der Waals surface area (Å²) in [5.41, 5.74) is 21.2. The molecule has 0 unspecified atom stereocenters. The highest BCUT2D eigenvalue weighted by Gasteiger charge is 2.38. The Morgan fingerprint density at radius 3 is 1.05 bits per heavy atom. The van der Waals surface area contributed by atoms with E-state index in [1.54, 1.807) is 118 Å². The van der Waals surface area contributed by atoms with Crippen molar-refractivity contribution in [1.29, 1.82) is 0 Å². The molecule has 0 saturated carbocycles. The third kappa shape index (κ3) is 13.8. The summed E-state index contributed by atoms with van der Waals surface area (Å²) in [5.74, 6) is -1.61. The van der Waals surface area contributed by atoms with Gasteiger partial charge >= 0.3 is 0 Å². The summed E-state index contributed by atoms with van der Waals surface area (Å²) in [7, 11) is 0. The Kier molecular flexibility index (Phi) is 20.9. The fraction of sp³-hybridized carbons (Fsp3) is 0.205. The highest BCUT2D eigenvalue weighted by molar-refractivity contribution is 6.30. The van der Waals surface area contributed by atoms with Crippen molar-refractivity contribution in [3.63, 3.8) is 0 Å². The molecule has 0 N–H and O–H groups in total. The van der Waals surface area contributed by atoms with Gasteiger partial charge in [0.25, 0.3) is 0 Å². The lowest BCUT2D eigenvalue weighted by atomic mass is 9.85. The van der Waals surface area contributed by atoms with Gasteiger partial charge in [0.15, 0.2) is 17.3 Å². The van der Waals surface area contributed by atoms with E-state index in [9.17, 15) is 47.9 Å². The van der Waals surface area contributed by atoms with E-state index in [4.69, 9.17) is 0 Å². The van der Waals surface area contributed by atoms with Crippen LogP contribution in [0.3, 0.4) is 0 Å². The standard InChI is InChI=1S/4C15H12N2O2.2C14H12N2O/c1-3-9-5-11-13(17-7-9)15(19)12-10(14(11)18)4-8(2)6-16-12;1-3-9-5-7-17-13-11(9)15(19)12-10(14(13)18)8(2)4-6-16-12;1-3-9-5-7-11-13(17-9)15(19)10-6-4-8(2)16-12(10)14(11)18;1-3-9-4-5-10-13(17-9)15(19)11-6-8(2)7-16-12(11)14(10)18;1-3-9-5-11-13(16-7-9)12-10(14(11)17)4-8(2)6-15-12;1-3-9-5-7-11-13(16-9)12-10(14(11)17)6-4-8(2)15-12/h4*4-7H,3H2,1-2H3;2*4-7H,3H2,1-2H3. The van der Waals surface area contributed by atoms with Crippen LogP contribution >= 0.6 is 0 Å². The SMILES string of the molecule is CCc1ccc2c(n1)-c1nc(C)ccc1C2=O.CCc1ccc2c(n1)C(=O)c1cc(C)cnc1C2=O.CCc1ccc2c(n1)C(=O)c1ccc(C)nc1C2=O.CCc1ccnc2c1C(=O)c1nccc(C)c1C2=O.CCc1cnc2c(c1)C(=O)c1cc(C)cnc1-2.CCc1cnc2c(c1)C(=O)c1cc(C)cnc1C2=O. The van der Waals surface area contributed by atoms with Crippen molar-refractivity contribution < 1.29 is 47.9 Å². The van der Waals surface area contributed by atoms with E-state index in [2.05, 4.69) is 73.7 Å². The minimum Gasteiger partial charge on any atom is -0.288 e. The number of hydrogen-bond acceptors (Lipinski definition) is 22. The lowest BCUT2D eigenvalue weighted by Crippen LogP contribution is -2.26. The largest absolute Gasteiger partial charge is 0.288 e. The van der Waals surface area contributed by atoms with Gasteiger partial charge in [-0.25, -0.2) is 15.0 Å². The van der Waals surface area contributed by atoms with Crippen molar-refractivity contribution >= 4 is 57.8 Å². The second-order valence-corrected chi connectivity index (χ2v) is 27.0. The van der Waals surface area contributed by atoms with Crippen LogP contribution in [0.2, 0.25) is 0 Å². The lowest BCUT2D eigenvalue weighted by molar-refractivity contribution is 0.0970. The average Bonchev–Trinajstić information content (AvgIpc) is 1.75.